The second kappa shape index (κ2) is 4.51. The van der Waals surface area contributed by atoms with E-state index in [-0.39, 0.29) is 5.92 Å². The Labute approximate surface area is 82.4 Å². The molecule has 78 valence electrons. The monoisotopic (exact) mass is 200 g/mol. The number of hydrogen-bond acceptors (Lipinski definition) is 1. The van der Waals surface area contributed by atoms with Crippen LogP contribution in [0.1, 0.15) is 31.9 Å². The molecule has 0 radical (unpaired) electrons. The molecular weight excluding hydrogens is 186 g/mol. The molecule has 1 N–H and O–H groups in total. The minimum atomic E-state index is -0.912. The average molecular weight is 200 g/mol. The summed E-state index contributed by atoms with van der Waals surface area (Å²) in [6.07, 6.45) is 0.0651. The SMILES string of the molecule is CCC(C)C(O)c1ccc(F)c(F)c1. The van der Waals surface area contributed by atoms with Crippen LogP contribution in [0.4, 0.5) is 8.78 Å². The summed E-state index contributed by atoms with van der Waals surface area (Å²) in [4.78, 5) is 0. The Kier molecular flexibility index (Phi) is 3.58. The van der Waals surface area contributed by atoms with Gasteiger partial charge in [-0.05, 0) is 23.6 Å². The minimum absolute atomic E-state index is 0.0415. The molecule has 1 aromatic carbocycles. The van der Waals surface area contributed by atoms with Gasteiger partial charge in [-0.1, -0.05) is 26.3 Å². The molecule has 0 fully saturated rings. The molecule has 1 nitrogen and oxygen atoms in total. The van der Waals surface area contributed by atoms with Gasteiger partial charge in [0.05, 0.1) is 6.10 Å². The summed E-state index contributed by atoms with van der Waals surface area (Å²) in [5, 5.41) is 9.72. The van der Waals surface area contributed by atoms with Crippen LogP contribution < -0.4 is 0 Å². The lowest BCUT2D eigenvalue weighted by Crippen LogP contribution is -2.08. The van der Waals surface area contributed by atoms with Crippen LogP contribution in [0.25, 0.3) is 0 Å². The van der Waals surface area contributed by atoms with E-state index in [0.29, 0.717) is 5.56 Å². The highest BCUT2D eigenvalue weighted by atomic mass is 19.2. The first kappa shape index (κ1) is 11.1. The quantitative estimate of drug-likeness (QED) is 0.795. The normalized spacial score (nSPS) is 15.2. The van der Waals surface area contributed by atoms with Crippen LogP contribution in [-0.4, -0.2) is 5.11 Å². The van der Waals surface area contributed by atoms with Crippen LogP contribution in [0.3, 0.4) is 0 Å². The van der Waals surface area contributed by atoms with E-state index in [1.165, 1.54) is 6.07 Å². The van der Waals surface area contributed by atoms with E-state index in [0.717, 1.165) is 18.6 Å². The van der Waals surface area contributed by atoms with Crippen molar-refractivity contribution < 1.29 is 13.9 Å². The van der Waals surface area contributed by atoms with Gasteiger partial charge in [0.1, 0.15) is 0 Å². The first-order chi connectivity index (χ1) is 6.56. The topological polar surface area (TPSA) is 20.2 Å². The third-order valence-corrected chi connectivity index (χ3v) is 2.47. The van der Waals surface area contributed by atoms with Gasteiger partial charge >= 0.3 is 0 Å². The Morgan fingerprint density at radius 2 is 1.93 bits per heavy atom. The van der Waals surface area contributed by atoms with Crippen molar-refractivity contribution in [2.45, 2.75) is 26.4 Å². The molecule has 0 spiro atoms. The van der Waals surface area contributed by atoms with Gasteiger partial charge in [0.25, 0.3) is 0 Å². The average Bonchev–Trinajstić information content (AvgIpc) is 2.20. The van der Waals surface area contributed by atoms with E-state index in [9.17, 15) is 13.9 Å². The summed E-state index contributed by atoms with van der Waals surface area (Å²) in [5.74, 6) is -1.75. The van der Waals surface area contributed by atoms with Crippen molar-refractivity contribution in [2.75, 3.05) is 0 Å². The van der Waals surface area contributed by atoms with E-state index in [2.05, 4.69) is 0 Å². The highest BCUT2D eigenvalue weighted by molar-refractivity contribution is 5.20. The molecule has 0 bridgehead atoms. The number of benzene rings is 1. The molecule has 1 rings (SSSR count). The third kappa shape index (κ3) is 2.29. The summed E-state index contributed by atoms with van der Waals surface area (Å²) in [6.45, 7) is 3.81. The second-order valence-corrected chi connectivity index (χ2v) is 3.50. The van der Waals surface area contributed by atoms with Crippen LogP contribution in [0.15, 0.2) is 18.2 Å². The molecule has 0 saturated carbocycles. The Hall–Kier alpha value is -0.960. The lowest BCUT2D eigenvalue weighted by Gasteiger charge is -2.17. The van der Waals surface area contributed by atoms with E-state index in [4.69, 9.17) is 0 Å². The van der Waals surface area contributed by atoms with Gasteiger partial charge in [-0.3, -0.25) is 0 Å². The third-order valence-electron chi connectivity index (χ3n) is 2.47. The fraction of sp³-hybridized carbons (Fsp3) is 0.455. The fourth-order valence-corrected chi connectivity index (χ4v) is 1.25. The van der Waals surface area contributed by atoms with Crippen LogP contribution in [-0.2, 0) is 0 Å². The number of aliphatic hydroxyl groups excluding tert-OH is 1. The van der Waals surface area contributed by atoms with Gasteiger partial charge in [0, 0.05) is 0 Å². The lowest BCUT2D eigenvalue weighted by molar-refractivity contribution is 0.115. The highest BCUT2D eigenvalue weighted by Gasteiger charge is 2.16. The van der Waals surface area contributed by atoms with Gasteiger partial charge in [0.2, 0.25) is 0 Å². The standard InChI is InChI=1S/C11H14F2O/c1-3-7(2)11(14)8-4-5-9(12)10(13)6-8/h4-7,11,14H,3H2,1-2H3. The zero-order valence-corrected chi connectivity index (χ0v) is 8.30. The maximum Gasteiger partial charge on any atom is 0.159 e. The van der Waals surface area contributed by atoms with Crippen molar-refractivity contribution in [3.63, 3.8) is 0 Å². The van der Waals surface area contributed by atoms with Crippen LogP contribution in [0.5, 0.6) is 0 Å². The first-order valence-electron chi connectivity index (χ1n) is 4.69. The van der Waals surface area contributed by atoms with Gasteiger partial charge < -0.3 is 5.11 Å². The second-order valence-electron chi connectivity index (χ2n) is 3.50. The Balaban J connectivity index is 2.91. The summed E-state index contributed by atoms with van der Waals surface area (Å²) >= 11 is 0. The molecule has 14 heavy (non-hydrogen) atoms. The molecule has 0 heterocycles. The van der Waals surface area contributed by atoms with Crippen LogP contribution >= 0.6 is 0 Å². The van der Waals surface area contributed by atoms with Crippen LogP contribution in [0, 0.1) is 17.6 Å². The molecule has 0 aliphatic carbocycles. The minimum Gasteiger partial charge on any atom is -0.388 e. The van der Waals surface area contributed by atoms with Gasteiger partial charge in [-0.15, -0.1) is 0 Å². The van der Waals surface area contributed by atoms with E-state index >= 15 is 0 Å². The highest BCUT2D eigenvalue weighted by Crippen LogP contribution is 2.24. The van der Waals surface area contributed by atoms with Crippen molar-refractivity contribution in [2.24, 2.45) is 5.92 Å². The largest absolute Gasteiger partial charge is 0.388 e. The van der Waals surface area contributed by atoms with E-state index in [1.54, 1.807) is 0 Å². The predicted octanol–water partition coefficient (Wildman–Crippen LogP) is 3.04. The zero-order valence-electron chi connectivity index (χ0n) is 8.30. The lowest BCUT2D eigenvalue weighted by atomic mass is 9.95. The number of halogens is 2. The van der Waals surface area contributed by atoms with Gasteiger partial charge in [0.15, 0.2) is 11.6 Å². The molecular formula is C11H14F2O. The molecule has 0 aliphatic heterocycles. The molecule has 0 saturated heterocycles. The molecule has 0 aromatic heterocycles. The smallest absolute Gasteiger partial charge is 0.159 e. The molecule has 2 atom stereocenters. The van der Waals surface area contributed by atoms with Crippen molar-refractivity contribution in [3.05, 3.63) is 35.4 Å². The number of aliphatic hydroxyl groups is 1. The summed E-state index contributed by atoms with van der Waals surface area (Å²) < 4.78 is 25.4. The Morgan fingerprint density at radius 1 is 1.29 bits per heavy atom. The fourth-order valence-electron chi connectivity index (χ4n) is 1.25. The summed E-state index contributed by atoms with van der Waals surface area (Å²) in [6, 6.07) is 3.50. The first-order valence-corrected chi connectivity index (χ1v) is 4.69. The maximum absolute atomic E-state index is 12.8. The summed E-state index contributed by atoms with van der Waals surface area (Å²) in [5.41, 5.74) is 0.429. The van der Waals surface area contributed by atoms with E-state index < -0.39 is 17.7 Å². The van der Waals surface area contributed by atoms with Crippen molar-refractivity contribution >= 4 is 0 Å². The number of hydrogen-bond donors (Lipinski definition) is 1. The molecule has 0 aliphatic rings. The van der Waals surface area contributed by atoms with E-state index in [1.807, 2.05) is 13.8 Å². The van der Waals surface area contributed by atoms with Gasteiger partial charge in [-0.2, -0.15) is 0 Å². The van der Waals surface area contributed by atoms with Crippen molar-refractivity contribution in [1.82, 2.24) is 0 Å². The Morgan fingerprint density at radius 3 is 2.43 bits per heavy atom. The molecule has 0 amide bonds. The molecule has 2 unspecified atom stereocenters. The van der Waals surface area contributed by atoms with Gasteiger partial charge in [-0.25, -0.2) is 8.78 Å². The van der Waals surface area contributed by atoms with Crippen molar-refractivity contribution in [1.29, 1.82) is 0 Å². The maximum atomic E-state index is 12.8. The number of rotatable bonds is 3. The van der Waals surface area contributed by atoms with Crippen LogP contribution in [0.2, 0.25) is 0 Å². The predicted molar refractivity (Wildman–Crippen MR) is 50.8 cm³/mol. The zero-order chi connectivity index (χ0) is 10.7. The Bertz CT molecular complexity index is 312. The molecule has 3 heteroatoms. The van der Waals surface area contributed by atoms with Crippen molar-refractivity contribution in [3.8, 4) is 0 Å². The summed E-state index contributed by atoms with van der Waals surface area (Å²) in [7, 11) is 0. The molecule has 1 aromatic rings.